The maximum absolute atomic E-state index is 13.6. The SMILES string of the molecule is O=C1CCCC2=C1[C@@H](c1ccc(F)c(Br)c1)C1=C(COC1=O)N2. The van der Waals surface area contributed by atoms with Crippen molar-refractivity contribution in [3.8, 4) is 0 Å². The highest BCUT2D eigenvalue weighted by atomic mass is 79.9. The zero-order chi connectivity index (χ0) is 16.1. The average Bonchev–Trinajstić information content (AvgIpc) is 2.90. The second-order valence-electron chi connectivity index (χ2n) is 5.87. The second kappa shape index (κ2) is 5.30. The summed E-state index contributed by atoms with van der Waals surface area (Å²) >= 11 is 3.18. The van der Waals surface area contributed by atoms with Crippen LogP contribution in [0.1, 0.15) is 30.7 Å². The molecule has 118 valence electrons. The standard InChI is InChI=1S/C17H13BrFNO3/c18-9-6-8(4-5-10(9)19)14-15-11(2-1-3-13(15)21)20-12-7-23-17(22)16(12)14/h4-6,14,20H,1-3,7H2/t14-/m1/s1. The van der Waals surface area contributed by atoms with Crippen LogP contribution in [0.2, 0.25) is 0 Å². The molecule has 6 heteroatoms. The van der Waals surface area contributed by atoms with Gasteiger partial charge in [-0.25, -0.2) is 9.18 Å². The fraction of sp³-hybridized carbons (Fsp3) is 0.294. The van der Waals surface area contributed by atoms with E-state index in [-0.39, 0.29) is 18.2 Å². The first-order valence-electron chi connectivity index (χ1n) is 7.44. The van der Waals surface area contributed by atoms with Crippen molar-refractivity contribution < 1.29 is 18.7 Å². The second-order valence-corrected chi connectivity index (χ2v) is 6.72. The van der Waals surface area contributed by atoms with Crippen LogP contribution in [0.25, 0.3) is 0 Å². The van der Waals surface area contributed by atoms with Gasteiger partial charge in [0.1, 0.15) is 12.4 Å². The molecule has 1 N–H and O–H groups in total. The van der Waals surface area contributed by atoms with Crippen LogP contribution in [0.15, 0.2) is 45.2 Å². The van der Waals surface area contributed by atoms with Crippen LogP contribution in [0, 0.1) is 5.82 Å². The lowest BCUT2D eigenvalue weighted by atomic mass is 9.75. The molecule has 0 fully saturated rings. The van der Waals surface area contributed by atoms with Crippen molar-refractivity contribution in [3.05, 3.63) is 56.6 Å². The Labute approximate surface area is 140 Å². The molecule has 0 bridgehead atoms. The first-order chi connectivity index (χ1) is 11.1. The lowest BCUT2D eigenvalue weighted by molar-refractivity contribution is -0.136. The first kappa shape index (κ1) is 14.6. The molecule has 1 atom stereocenters. The van der Waals surface area contributed by atoms with Crippen molar-refractivity contribution in [3.63, 3.8) is 0 Å². The van der Waals surface area contributed by atoms with Crippen LogP contribution in [-0.2, 0) is 14.3 Å². The number of allylic oxidation sites excluding steroid dienone is 2. The Morgan fingerprint density at radius 2 is 2.00 bits per heavy atom. The van der Waals surface area contributed by atoms with Crippen LogP contribution >= 0.6 is 15.9 Å². The van der Waals surface area contributed by atoms with E-state index >= 15 is 0 Å². The number of cyclic esters (lactones) is 1. The smallest absolute Gasteiger partial charge is 0.337 e. The zero-order valence-corrected chi connectivity index (χ0v) is 13.7. The molecule has 0 radical (unpaired) electrons. The Morgan fingerprint density at radius 3 is 2.78 bits per heavy atom. The van der Waals surface area contributed by atoms with E-state index < -0.39 is 11.9 Å². The van der Waals surface area contributed by atoms with Crippen molar-refractivity contribution in [2.24, 2.45) is 0 Å². The van der Waals surface area contributed by atoms with Crippen LogP contribution < -0.4 is 5.32 Å². The summed E-state index contributed by atoms with van der Waals surface area (Å²) < 4.78 is 19.0. The van der Waals surface area contributed by atoms with Gasteiger partial charge in [-0.3, -0.25) is 4.79 Å². The van der Waals surface area contributed by atoms with E-state index in [0.717, 1.165) is 18.5 Å². The third-order valence-electron chi connectivity index (χ3n) is 4.50. The zero-order valence-electron chi connectivity index (χ0n) is 12.1. The molecule has 2 aliphatic heterocycles. The number of benzene rings is 1. The van der Waals surface area contributed by atoms with E-state index in [4.69, 9.17) is 4.74 Å². The molecule has 4 rings (SSSR count). The van der Waals surface area contributed by atoms with Gasteiger partial charge < -0.3 is 10.1 Å². The lowest BCUT2D eigenvalue weighted by Gasteiger charge is -2.32. The number of ether oxygens (including phenoxy) is 1. The number of esters is 1. The van der Waals surface area contributed by atoms with Crippen molar-refractivity contribution in [2.75, 3.05) is 6.61 Å². The van der Waals surface area contributed by atoms with Crippen molar-refractivity contribution in [1.29, 1.82) is 0 Å². The maximum Gasteiger partial charge on any atom is 0.337 e. The maximum atomic E-state index is 13.6. The summed E-state index contributed by atoms with van der Waals surface area (Å²) in [6, 6.07) is 4.60. The number of nitrogens with one attached hydrogen (secondary N) is 1. The molecule has 0 unspecified atom stereocenters. The topological polar surface area (TPSA) is 55.4 Å². The quantitative estimate of drug-likeness (QED) is 0.764. The molecule has 0 saturated carbocycles. The minimum atomic E-state index is -0.485. The molecule has 23 heavy (non-hydrogen) atoms. The summed E-state index contributed by atoms with van der Waals surface area (Å²) in [5.74, 6) is -1.24. The number of carbonyl (C=O) groups excluding carboxylic acids is 2. The van der Waals surface area contributed by atoms with E-state index in [1.54, 1.807) is 12.1 Å². The highest BCUT2D eigenvalue weighted by molar-refractivity contribution is 9.10. The van der Waals surface area contributed by atoms with E-state index in [1.165, 1.54) is 6.07 Å². The van der Waals surface area contributed by atoms with Gasteiger partial charge in [-0.2, -0.15) is 0 Å². The van der Waals surface area contributed by atoms with Gasteiger partial charge in [0.25, 0.3) is 0 Å². The fourth-order valence-corrected chi connectivity index (χ4v) is 3.89. The summed E-state index contributed by atoms with van der Waals surface area (Å²) in [6.07, 6.45) is 2.03. The number of hydrogen-bond acceptors (Lipinski definition) is 4. The molecule has 4 nitrogen and oxygen atoms in total. The number of dihydropyridines is 1. The van der Waals surface area contributed by atoms with Crippen LogP contribution in [0.5, 0.6) is 0 Å². The minimum Gasteiger partial charge on any atom is -0.456 e. The molecule has 1 aliphatic carbocycles. The Bertz CT molecular complexity index is 812. The summed E-state index contributed by atoms with van der Waals surface area (Å²) in [4.78, 5) is 24.7. The molecular formula is C17H13BrFNO3. The molecule has 2 heterocycles. The molecule has 1 aromatic carbocycles. The third-order valence-corrected chi connectivity index (χ3v) is 5.11. The van der Waals surface area contributed by atoms with Gasteiger partial charge in [-0.15, -0.1) is 0 Å². The molecule has 0 spiro atoms. The predicted octanol–water partition coefficient (Wildman–Crippen LogP) is 3.09. The van der Waals surface area contributed by atoms with E-state index in [9.17, 15) is 14.0 Å². The number of hydrogen-bond donors (Lipinski definition) is 1. The number of ketones is 1. The molecule has 3 aliphatic rings. The Balaban J connectivity index is 1.91. The summed E-state index contributed by atoms with van der Waals surface area (Å²) in [6.45, 7) is 0.192. The van der Waals surface area contributed by atoms with E-state index in [0.29, 0.717) is 33.3 Å². The summed E-state index contributed by atoms with van der Waals surface area (Å²) in [5.41, 5.74) is 3.39. The van der Waals surface area contributed by atoms with Crippen LogP contribution in [0.3, 0.4) is 0 Å². The first-order valence-corrected chi connectivity index (χ1v) is 8.24. The highest BCUT2D eigenvalue weighted by Gasteiger charge is 2.42. The number of halogens is 2. The number of Topliss-reactive ketones (excluding diaryl/α,β-unsaturated/α-hetero) is 1. The Morgan fingerprint density at radius 1 is 1.17 bits per heavy atom. The molecule has 1 aromatic rings. The van der Waals surface area contributed by atoms with Gasteiger partial charge >= 0.3 is 5.97 Å². The third kappa shape index (κ3) is 2.24. The molecule has 0 saturated heterocycles. The molecule has 0 amide bonds. The van der Waals surface area contributed by atoms with Gasteiger partial charge in [0, 0.05) is 23.6 Å². The fourth-order valence-electron chi connectivity index (χ4n) is 3.49. The monoisotopic (exact) mass is 377 g/mol. The summed E-state index contributed by atoms with van der Waals surface area (Å²) in [7, 11) is 0. The van der Waals surface area contributed by atoms with Gasteiger partial charge in [-0.1, -0.05) is 6.07 Å². The average molecular weight is 378 g/mol. The normalized spacial score (nSPS) is 23.5. The highest BCUT2D eigenvalue weighted by Crippen LogP contribution is 2.44. The Kier molecular flexibility index (Phi) is 3.37. The molecular weight excluding hydrogens is 365 g/mol. The minimum absolute atomic E-state index is 0.0375. The van der Waals surface area contributed by atoms with Crippen LogP contribution in [0.4, 0.5) is 4.39 Å². The number of rotatable bonds is 1. The van der Waals surface area contributed by atoms with E-state index in [2.05, 4.69) is 21.2 Å². The van der Waals surface area contributed by atoms with Gasteiger partial charge in [-0.05, 0) is 46.5 Å². The summed E-state index contributed by atoms with van der Waals surface area (Å²) in [5, 5.41) is 3.21. The van der Waals surface area contributed by atoms with Gasteiger partial charge in [0.05, 0.1) is 15.7 Å². The van der Waals surface area contributed by atoms with Crippen molar-refractivity contribution in [1.82, 2.24) is 5.32 Å². The van der Waals surface area contributed by atoms with E-state index in [1.807, 2.05) is 0 Å². The predicted molar refractivity (Wildman–Crippen MR) is 83.8 cm³/mol. The molecule has 0 aromatic heterocycles. The van der Waals surface area contributed by atoms with Crippen molar-refractivity contribution in [2.45, 2.75) is 25.2 Å². The Hall–Kier alpha value is -1.95. The largest absolute Gasteiger partial charge is 0.456 e. The number of carbonyl (C=O) groups is 2. The van der Waals surface area contributed by atoms with Crippen LogP contribution in [-0.4, -0.2) is 18.4 Å². The lowest BCUT2D eigenvalue weighted by Crippen LogP contribution is -2.32. The van der Waals surface area contributed by atoms with Crippen molar-refractivity contribution >= 4 is 27.7 Å². The van der Waals surface area contributed by atoms with Gasteiger partial charge in [0.15, 0.2) is 5.78 Å². The van der Waals surface area contributed by atoms with Gasteiger partial charge in [0.2, 0.25) is 0 Å².